The Bertz CT molecular complexity index is 957. The molecule has 172 valence electrons. The van der Waals surface area contributed by atoms with Gasteiger partial charge in [-0.3, -0.25) is 9.59 Å². The third-order valence-corrected chi connectivity index (χ3v) is 7.40. The Morgan fingerprint density at radius 3 is 2.28 bits per heavy atom. The molecular weight excluding hydrogens is 523 g/mol. The van der Waals surface area contributed by atoms with Gasteiger partial charge in [0.25, 0.3) is 0 Å². The fraction of sp³-hybridized carbons (Fsp3) is 0.440. The van der Waals surface area contributed by atoms with Gasteiger partial charge in [-0.2, -0.15) is 0 Å². The molecular formula is C25H29IO6. The lowest BCUT2D eigenvalue weighted by Crippen LogP contribution is -2.34. The van der Waals surface area contributed by atoms with E-state index in [-0.39, 0.29) is 18.1 Å². The summed E-state index contributed by atoms with van der Waals surface area (Å²) in [6.45, 7) is 2.30. The Morgan fingerprint density at radius 1 is 1.03 bits per heavy atom. The number of carboxylic acid groups (broad SMARTS) is 1. The Kier molecular flexibility index (Phi) is 8.03. The van der Waals surface area contributed by atoms with Crippen molar-refractivity contribution in [3.63, 3.8) is 0 Å². The van der Waals surface area contributed by atoms with Crippen molar-refractivity contribution in [1.29, 1.82) is 0 Å². The molecule has 1 fully saturated rings. The van der Waals surface area contributed by atoms with E-state index in [0.29, 0.717) is 25.7 Å². The molecule has 0 aliphatic heterocycles. The second kappa shape index (κ2) is 10.6. The smallest absolute Gasteiger partial charge is 0.309 e. The van der Waals surface area contributed by atoms with Gasteiger partial charge < -0.3 is 20.1 Å². The van der Waals surface area contributed by atoms with Crippen LogP contribution < -0.4 is 0 Å². The van der Waals surface area contributed by atoms with E-state index in [0.717, 1.165) is 27.5 Å². The maximum atomic E-state index is 12.6. The normalized spacial score (nSPS) is 20.3. The average molecular weight is 552 g/mol. The lowest BCUT2D eigenvalue weighted by Gasteiger charge is -2.32. The summed E-state index contributed by atoms with van der Waals surface area (Å²) in [5, 5.41) is 29.0. The van der Waals surface area contributed by atoms with Crippen LogP contribution in [0.25, 0.3) is 0 Å². The third kappa shape index (κ3) is 5.54. The highest BCUT2D eigenvalue weighted by Crippen LogP contribution is 2.39. The van der Waals surface area contributed by atoms with Crippen LogP contribution in [-0.2, 0) is 19.7 Å². The number of hydrogen-bond donors (Lipinski definition) is 3. The molecule has 3 unspecified atom stereocenters. The summed E-state index contributed by atoms with van der Waals surface area (Å²) < 4.78 is 6.25. The summed E-state index contributed by atoms with van der Waals surface area (Å²) in [5.74, 6) is -2.15. The predicted octanol–water partition coefficient (Wildman–Crippen LogP) is 5.22. The van der Waals surface area contributed by atoms with Gasteiger partial charge in [-0.15, -0.1) is 0 Å². The number of benzene rings is 2. The van der Waals surface area contributed by atoms with E-state index >= 15 is 0 Å². The number of halogens is 1. The summed E-state index contributed by atoms with van der Waals surface area (Å²) in [4.78, 5) is 24.0. The number of carboxylic acids is 1. The van der Waals surface area contributed by atoms with E-state index < -0.39 is 29.2 Å². The molecule has 0 saturated heterocycles. The van der Waals surface area contributed by atoms with Gasteiger partial charge in [-0.1, -0.05) is 38.0 Å². The molecule has 2 aromatic rings. The molecule has 0 spiro atoms. The quantitative estimate of drug-likeness (QED) is 0.236. The van der Waals surface area contributed by atoms with E-state index in [1.54, 1.807) is 18.2 Å². The highest BCUT2D eigenvalue weighted by molar-refractivity contribution is 14.1. The van der Waals surface area contributed by atoms with Gasteiger partial charge in [0, 0.05) is 5.41 Å². The largest absolute Gasteiger partial charge is 0.508 e. The minimum absolute atomic E-state index is 0.186. The molecule has 3 atom stereocenters. The van der Waals surface area contributed by atoms with Crippen molar-refractivity contribution < 1.29 is 29.6 Å². The number of esters is 1. The highest BCUT2D eigenvalue weighted by Gasteiger charge is 2.37. The van der Waals surface area contributed by atoms with E-state index in [1.807, 2.05) is 24.3 Å². The summed E-state index contributed by atoms with van der Waals surface area (Å²) in [6.07, 6.45) is 4.02. The summed E-state index contributed by atoms with van der Waals surface area (Å²) >= 11 is 2.09. The number of aromatic hydroxyl groups is 2. The van der Waals surface area contributed by atoms with Crippen LogP contribution >= 0.6 is 22.6 Å². The summed E-state index contributed by atoms with van der Waals surface area (Å²) in [6, 6.07) is 12.5. The zero-order chi connectivity index (χ0) is 23.3. The lowest BCUT2D eigenvalue weighted by molar-refractivity contribution is -0.159. The highest BCUT2D eigenvalue weighted by atomic mass is 127. The van der Waals surface area contributed by atoms with Crippen molar-refractivity contribution in [3.8, 4) is 11.5 Å². The molecule has 3 rings (SSSR count). The molecule has 0 heterocycles. The van der Waals surface area contributed by atoms with Gasteiger partial charge in [0.05, 0.1) is 22.0 Å². The van der Waals surface area contributed by atoms with E-state index in [1.165, 1.54) is 0 Å². The van der Waals surface area contributed by atoms with Crippen molar-refractivity contribution in [1.82, 2.24) is 0 Å². The summed E-state index contributed by atoms with van der Waals surface area (Å²) in [5.41, 5.74) is 1.58. The molecule has 3 N–H and O–H groups in total. The molecule has 6 nitrogen and oxygen atoms in total. The zero-order valence-corrected chi connectivity index (χ0v) is 20.2. The van der Waals surface area contributed by atoms with Crippen molar-refractivity contribution in [2.75, 3.05) is 6.61 Å². The topological polar surface area (TPSA) is 104 Å². The molecule has 32 heavy (non-hydrogen) atoms. The zero-order valence-electron chi connectivity index (χ0n) is 18.1. The standard InChI is InChI=1S/C25H29IO6/c1-25(16-7-10-18(27)11-8-16,17-9-12-22(28)21(26)15-17)13-4-14-32-24(31)20-6-3-2-5-19(20)23(29)30/h7-12,15,19-20,27-28H,2-6,13-14H2,1H3,(H,29,30). The van der Waals surface area contributed by atoms with Crippen molar-refractivity contribution in [3.05, 3.63) is 57.2 Å². The number of carbonyl (C=O) groups excluding carboxylic acids is 1. The van der Waals surface area contributed by atoms with Crippen molar-refractivity contribution in [2.24, 2.45) is 11.8 Å². The van der Waals surface area contributed by atoms with Gasteiger partial charge in [0.2, 0.25) is 0 Å². The number of carbonyl (C=O) groups is 2. The fourth-order valence-electron chi connectivity index (χ4n) is 4.55. The van der Waals surface area contributed by atoms with Crippen LogP contribution in [-0.4, -0.2) is 33.9 Å². The van der Waals surface area contributed by atoms with Crippen LogP contribution in [0.15, 0.2) is 42.5 Å². The van der Waals surface area contributed by atoms with E-state index in [9.17, 15) is 24.9 Å². The first-order chi connectivity index (χ1) is 15.2. The first kappa shape index (κ1) is 24.4. The average Bonchev–Trinajstić information content (AvgIpc) is 2.78. The Morgan fingerprint density at radius 2 is 1.66 bits per heavy atom. The van der Waals surface area contributed by atoms with Gasteiger partial charge >= 0.3 is 11.9 Å². The van der Waals surface area contributed by atoms with E-state index in [2.05, 4.69) is 29.5 Å². The van der Waals surface area contributed by atoms with Crippen molar-refractivity contribution in [2.45, 2.75) is 50.9 Å². The number of phenols is 2. The van der Waals surface area contributed by atoms with Crippen LogP contribution in [0.1, 0.15) is 56.6 Å². The number of ether oxygens (including phenoxy) is 1. The predicted molar refractivity (Wildman–Crippen MR) is 129 cm³/mol. The number of hydrogen-bond acceptors (Lipinski definition) is 5. The second-order valence-electron chi connectivity index (χ2n) is 8.65. The SMILES string of the molecule is CC(CCCOC(=O)C1CCCCC1C(=O)O)(c1ccc(O)cc1)c1ccc(O)c(I)c1. The maximum Gasteiger partial charge on any atom is 0.309 e. The maximum absolute atomic E-state index is 12.6. The van der Waals surface area contributed by atoms with Crippen LogP contribution in [0.5, 0.6) is 11.5 Å². The Labute approximate surface area is 201 Å². The molecule has 0 radical (unpaired) electrons. The van der Waals surface area contributed by atoms with Gasteiger partial charge in [-0.05, 0) is 83.7 Å². The molecule has 7 heteroatoms. The van der Waals surface area contributed by atoms with Gasteiger partial charge in [-0.25, -0.2) is 0 Å². The molecule has 0 amide bonds. The monoisotopic (exact) mass is 552 g/mol. The second-order valence-corrected chi connectivity index (χ2v) is 9.81. The minimum atomic E-state index is -0.923. The molecule has 1 saturated carbocycles. The number of aliphatic carboxylic acids is 1. The first-order valence-corrected chi connectivity index (χ1v) is 12.0. The van der Waals surface area contributed by atoms with Crippen LogP contribution in [0.3, 0.4) is 0 Å². The van der Waals surface area contributed by atoms with Crippen LogP contribution in [0.2, 0.25) is 0 Å². The number of rotatable bonds is 8. The Hall–Kier alpha value is -2.29. The van der Waals surface area contributed by atoms with Crippen LogP contribution in [0.4, 0.5) is 0 Å². The fourth-order valence-corrected chi connectivity index (χ4v) is 5.06. The van der Waals surface area contributed by atoms with Crippen molar-refractivity contribution >= 4 is 34.5 Å². The van der Waals surface area contributed by atoms with Gasteiger partial charge in [0.1, 0.15) is 11.5 Å². The lowest BCUT2D eigenvalue weighted by atomic mass is 9.73. The van der Waals surface area contributed by atoms with Gasteiger partial charge in [0.15, 0.2) is 0 Å². The first-order valence-electron chi connectivity index (χ1n) is 10.9. The molecule has 2 aromatic carbocycles. The molecule has 0 aromatic heterocycles. The molecule has 1 aliphatic carbocycles. The molecule has 1 aliphatic rings. The third-order valence-electron chi connectivity index (χ3n) is 6.54. The number of phenolic OH excluding ortho intramolecular Hbond substituents is 2. The Balaban J connectivity index is 1.70. The summed E-state index contributed by atoms with van der Waals surface area (Å²) in [7, 11) is 0. The van der Waals surface area contributed by atoms with Crippen LogP contribution in [0, 0.1) is 15.4 Å². The van der Waals surface area contributed by atoms with E-state index in [4.69, 9.17) is 4.74 Å². The molecule has 0 bridgehead atoms. The minimum Gasteiger partial charge on any atom is -0.508 e.